The summed E-state index contributed by atoms with van der Waals surface area (Å²) in [6, 6.07) is 3.69. The zero-order valence-corrected chi connectivity index (χ0v) is 16.2. The molecule has 0 atom stereocenters. The van der Waals surface area contributed by atoms with Crippen LogP contribution in [0.1, 0.15) is 50.7 Å². The molecule has 1 aliphatic rings. The maximum absolute atomic E-state index is 12.7. The van der Waals surface area contributed by atoms with Crippen LogP contribution in [-0.4, -0.2) is 26.3 Å². The number of halogens is 3. The van der Waals surface area contributed by atoms with E-state index in [4.69, 9.17) is 0 Å². The fourth-order valence-electron chi connectivity index (χ4n) is 3.15. The lowest BCUT2D eigenvalue weighted by Crippen LogP contribution is -2.41. The smallest absolute Gasteiger partial charge is 0.385 e. The van der Waals surface area contributed by atoms with Gasteiger partial charge in [-0.1, -0.05) is 0 Å². The Labute approximate surface area is 153 Å². The number of aryl methyl sites for hydroxylation is 1. The van der Waals surface area contributed by atoms with Crippen molar-refractivity contribution in [1.82, 2.24) is 4.72 Å². The summed E-state index contributed by atoms with van der Waals surface area (Å²) < 4.78 is 64.7. The van der Waals surface area contributed by atoms with Gasteiger partial charge in [-0.05, 0) is 76.1 Å². The zero-order valence-electron chi connectivity index (χ0n) is 15.4. The van der Waals surface area contributed by atoms with Gasteiger partial charge in [0.15, 0.2) is 0 Å². The molecule has 0 saturated heterocycles. The normalized spacial score (nSPS) is 21.8. The number of rotatable bonds is 6. The maximum Gasteiger partial charge on any atom is 0.416 e. The number of hydrogen-bond acceptors (Lipinski definition) is 3. The second-order valence-corrected chi connectivity index (χ2v) is 9.61. The fraction of sp³-hybridized carbons (Fsp3) is 0.667. The van der Waals surface area contributed by atoms with Gasteiger partial charge < -0.3 is 5.32 Å². The SMILES string of the molecule is Cc1cc(C(F)(F)F)ccc1NC[C@H]1CC[C@H](NS(=O)(=O)C(C)C)CC1. The summed E-state index contributed by atoms with van der Waals surface area (Å²) in [4.78, 5) is 0. The van der Waals surface area contributed by atoms with E-state index in [0.717, 1.165) is 37.8 Å². The van der Waals surface area contributed by atoms with Crippen molar-refractivity contribution in [3.05, 3.63) is 29.3 Å². The summed E-state index contributed by atoms with van der Waals surface area (Å²) in [5.41, 5.74) is 0.636. The van der Waals surface area contributed by atoms with E-state index in [1.54, 1.807) is 20.8 Å². The zero-order chi connectivity index (χ0) is 19.5. The monoisotopic (exact) mass is 392 g/mol. The number of benzene rings is 1. The van der Waals surface area contributed by atoms with Crippen LogP contribution in [0.2, 0.25) is 0 Å². The van der Waals surface area contributed by atoms with E-state index in [0.29, 0.717) is 23.7 Å². The first-order valence-corrected chi connectivity index (χ1v) is 10.5. The molecule has 4 nitrogen and oxygen atoms in total. The largest absolute Gasteiger partial charge is 0.416 e. The van der Waals surface area contributed by atoms with Crippen LogP contribution in [0.3, 0.4) is 0 Å². The van der Waals surface area contributed by atoms with Gasteiger partial charge in [0.05, 0.1) is 10.8 Å². The molecule has 0 radical (unpaired) electrons. The molecule has 1 fully saturated rings. The molecule has 1 aromatic carbocycles. The minimum Gasteiger partial charge on any atom is -0.385 e. The molecule has 0 bridgehead atoms. The summed E-state index contributed by atoms with van der Waals surface area (Å²) in [7, 11) is -3.25. The highest BCUT2D eigenvalue weighted by Gasteiger charge is 2.31. The predicted octanol–water partition coefficient (Wildman–Crippen LogP) is 4.31. The highest BCUT2D eigenvalue weighted by molar-refractivity contribution is 7.90. The first-order valence-electron chi connectivity index (χ1n) is 8.92. The molecule has 0 amide bonds. The molecule has 2 rings (SSSR count). The minimum absolute atomic E-state index is 0.0218. The maximum atomic E-state index is 12.7. The molecule has 1 aromatic rings. The van der Waals surface area contributed by atoms with E-state index in [1.165, 1.54) is 6.07 Å². The molecule has 0 heterocycles. The van der Waals surface area contributed by atoms with Gasteiger partial charge in [-0.2, -0.15) is 13.2 Å². The molecule has 148 valence electrons. The third-order valence-electron chi connectivity index (χ3n) is 4.93. The van der Waals surface area contributed by atoms with Crippen molar-refractivity contribution >= 4 is 15.7 Å². The molecule has 0 spiro atoms. The van der Waals surface area contributed by atoms with Crippen molar-refractivity contribution < 1.29 is 21.6 Å². The van der Waals surface area contributed by atoms with Gasteiger partial charge in [-0.25, -0.2) is 13.1 Å². The highest BCUT2D eigenvalue weighted by atomic mass is 32.2. The molecule has 26 heavy (non-hydrogen) atoms. The molecule has 2 N–H and O–H groups in total. The van der Waals surface area contributed by atoms with Crippen LogP contribution in [-0.2, 0) is 16.2 Å². The van der Waals surface area contributed by atoms with Crippen LogP contribution < -0.4 is 10.0 Å². The Morgan fingerprint density at radius 2 is 1.77 bits per heavy atom. The van der Waals surface area contributed by atoms with Gasteiger partial charge in [0.2, 0.25) is 10.0 Å². The summed E-state index contributed by atoms with van der Waals surface area (Å²) >= 11 is 0. The lowest BCUT2D eigenvalue weighted by molar-refractivity contribution is -0.137. The van der Waals surface area contributed by atoms with Crippen LogP contribution in [0.5, 0.6) is 0 Å². The second-order valence-electron chi connectivity index (χ2n) is 7.34. The molecule has 0 aromatic heterocycles. The van der Waals surface area contributed by atoms with E-state index in [2.05, 4.69) is 10.0 Å². The molecular formula is C18H27F3N2O2S. The first-order chi connectivity index (χ1) is 12.0. The first kappa shape index (κ1) is 21.0. The fourth-order valence-corrected chi connectivity index (χ4v) is 4.12. The minimum atomic E-state index is -4.33. The Balaban J connectivity index is 1.84. The van der Waals surface area contributed by atoms with Crippen molar-refractivity contribution in [3.8, 4) is 0 Å². The number of alkyl halides is 3. The quantitative estimate of drug-likeness (QED) is 0.758. The van der Waals surface area contributed by atoms with Crippen molar-refractivity contribution in [2.45, 2.75) is 63.9 Å². The summed E-state index contributed by atoms with van der Waals surface area (Å²) in [6.45, 7) is 5.65. The summed E-state index contributed by atoms with van der Waals surface area (Å²) in [5, 5.41) is 2.80. The van der Waals surface area contributed by atoms with E-state index in [-0.39, 0.29) is 6.04 Å². The van der Waals surface area contributed by atoms with E-state index >= 15 is 0 Å². The predicted molar refractivity (Wildman–Crippen MR) is 97.6 cm³/mol. The molecule has 0 unspecified atom stereocenters. The topological polar surface area (TPSA) is 58.2 Å². The third kappa shape index (κ3) is 5.61. The Morgan fingerprint density at radius 1 is 1.15 bits per heavy atom. The van der Waals surface area contributed by atoms with Gasteiger partial charge in [-0.15, -0.1) is 0 Å². The number of sulfonamides is 1. The Bertz CT molecular complexity index is 710. The van der Waals surface area contributed by atoms with E-state index in [9.17, 15) is 21.6 Å². The average molecular weight is 392 g/mol. The lowest BCUT2D eigenvalue weighted by atomic mass is 9.86. The van der Waals surface area contributed by atoms with E-state index < -0.39 is 27.0 Å². The van der Waals surface area contributed by atoms with Crippen molar-refractivity contribution in [3.63, 3.8) is 0 Å². The summed E-state index contributed by atoms with van der Waals surface area (Å²) in [6.07, 6.45) is -0.991. The van der Waals surface area contributed by atoms with Crippen molar-refractivity contribution in [1.29, 1.82) is 0 Å². The Kier molecular flexibility index (Phi) is 6.60. The van der Waals surface area contributed by atoms with Gasteiger partial charge >= 0.3 is 6.18 Å². The lowest BCUT2D eigenvalue weighted by Gasteiger charge is -2.30. The molecular weight excluding hydrogens is 365 g/mol. The number of anilines is 1. The second kappa shape index (κ2) is 8.17. The van der Waals surface area contributed by atoms with Gasteiger partial charge in [0, 0.05) is 18.3 Å². The molecule has 8 heteroatoms. The average Bonchev–Trinajstić information content (AvgIpc) is 2.53. The van der Waals surface area contributed by atoms with Crippen LogP contribution in [0.25, 0.3) is 0 Å². The van der Waals surface area contributed by atoms with Crippen molar-refractivity contribution in [2.24, 2.45) is 5.92 Å². The molecule has 1 aliphatic carbocycles. The van der Waals surface area contributed by atoms with Crippen LogP contribution in [0.4, 0.5) is 18.9 Å². The van der Waals surface area contributed by atoms with Crippen molar-refractivity contribution in [2.75, 3.05) is 11.9 Å². The number of nitrogens with one attached hydrogen (secondary N) is 2. The Morgan fingerprint density at radius 3 is 2.27 bits per heavy atom. The van der Waals surface area contributed by atoms with Gasteiger partial charge in [-0.3, -0.25) is 0 Å². The van der Waals surface area contributed by atoms with Crippen LogP contribution in [0, 0.1) is 12.8 Å². The molecule has 1 saturated carbocycles. The van der Waals surface area contributed by atoms with Crippen LogP contribution in [0.15, 0.2) is 18.2 Å². The van der Waals surface area contributed by atoms with Crippen LogP contribution >= 0.6 is 0 Å². The molecule has 0 aliphatic heterocycles. The number of hydrogen-bond donors (Lipinski definition) is 2. The summed E-state index contributed by atoms with van der Waals surface area (Å²) in [5.74, 6) is 0.386. The van der Waals surface area contributed by atoms with E-state index in [1.807, 2.05) is 0 Å². The Hall–Kier alpha value is -1.28. The van der Waals surface area contributed by atoms with Gasteiger partial charge in [0.25, 0.3) is 0 Å². The highest BCUT2D eigenvalue weighted by Crippen LogP contribution is 2.32. The third-order valence-corrected chi connectivity index (χ3v) is 6.84. The van der Waals surface area contributed by atoms with Gasteiger partial charge in [0.1, 0.15) is 0 Å². The standard InChI is InChI=1S/C18H27F3N2O2S/c1-12(2)26(24,25)23-16-7-4-14(5-8-16)11-22-17-9-6-15(10-13(17)3)18(19,20)21/h6,9-10,12,14,16,22-23H,4-5,7-8,11H2,1-3H3/t14-,16-.